The zero-order valence-corrected chi connectivity index (χ0v) is 16.8. The molecule has 1 fully saturated rings. The molecular weight excluding hydrogens is 360 g/mol. The quantitative estimate of drug-likeness (QED) is 0.864. The molecule has 1 N–H and O–H groups in total. The summed E-state index contributed by atoms with van der Waals surface area (Å²) in [6.45, 7) is 7.05. The van der Waals surface area contributed by atoms with E-state index in [2.05, 4.69) is 12.2 Å². The van der Waals surface area contributed by atoms with Crippen LogP contribution < -0.4 is 5.32 Å². The van der Waals surface area contributed by atoms with Crippen molar-refractivity contribution in [1.82, 2.24) is 4.31 Å². The first-order valence-corrected chi connectivity index (χ1v) is 10.7. The highest BCUT2D eigenvalue weighted by Gasteiger charge is 2.29. The van der Waals surface area contributed by atoms with Gasteiger partial charge in [0.05, 0.1) is 4.90 Å². The van der Waals surface area contributed by atoms with Gasteiger partial charge in [-0.3, -0.25) is 4.79 Å². The molecule has 0 spiro atoms. The van der Waals surface area contributed by atoms with Gasteiger partial charge < -0.3 is 5.32 Å². The third-order valence-electron chi connectivity index (χ3n) is 4.98. The Morgan fingerprint density at radius 1 is 1.15 bits per heavy atom. The highest BCUT2D eigenvalue weighted by molar-refractivity contribution is 7.89. The number of rotatable bonds is 4. The maximum absolute atomic E-state index is 13.0. The summed E-state index contributed by atoms with van der Waals surface area (Å²) in [7, 11) is -3.58. The van der Waals surface area contributed by atoms with E-state index in [1.54, 1.807) is 18.2 Å². The number of piperidine rings is 1. The summed E-state index contributed by atoms with van der Waals surface area (Å²) in [4.78, 5) is 12.8. The lowest BCUT2D eigenvalue weighted by molar-refractivity contribution is 0.102. The molecule has 5 nitrogen and oxygen atoms in total. The van der Waals surface area contributed by atoms with Gasteiger partial charge >= 0.3 is 0 Å². The number of amides is 1. The molecule has 0 bridgehead atoms. The second kappa shape index (κ2) is 7.82. The molecule has 3 rings (SSSR count). The molecule has 1 unspecified atom stereocenters. The van der Waals surface area contributed by atoms with Crippen molar-refractivity contribution < 1.29 is 13.2 Å². The van der Waals surface area contributed by atoms with Gasteiger partial charge in [0.25, 0.3) is 5.91 Å². The molecule has 1 atom stereocenters. The number of aryl methyl sites for hydroxylation is 2. The van der Waals surface area contributed by atoms with E-state index >= 15 is 0 Å². The van der Waals surface area contributed by atoms with Crippen molar-refractivity contribution in [3.63, 3.8) is 0 Å². The molecule has 1 amide bonds. The van der Waals surface area contributed by atoms with Crippen LogP contribution in [0.1, 0.15) is 41.3 Å². The maximum atomic E-state index is 13.0. The van der Waals surface area contributed by atoms with Crippen LogP contribution in [0.25, 0.3) is 0 Å². The van der Waals surface area contributed by atoms with E-state index in [1.165, 1.54) is 10.4 Å². The van der Waals surface area contributed by atoms with E-state index < -0.39 is 10.0 Å². The number of hydrogen-bond donors (Lipinski definition) is 1. The second-order valence-corrected chi connectivity index (χ2v) is 9.35. The Morgan fingerprint density at radius 2 is 1.93 bits per heavy atom. The molecule has 27 heavy (non-hydrogen) atoms. The molecular formula is C21H26N2O3S. The first-order valence-electron chi connectivity index (χ1n) is 9.26. The Hall–Kier alpha value is -2.18. The van der Waals surface area contributed by atoms with Crippen LogP contribution in [0.3, 0.4) is 0 Å². The molecule has 6 heteroatoms. The fourth-order valence-electron chi connectivity index (χ4n) is 3.46. The van der Waals surface area contributed by atoms with E-state index in [9.17, 15) is 13.2 Å². The molecule has 1 aliphatic rings. The van der Waals surface area contributed by atoms with Gasteiger partial charge in [-0.05, 0) is 62.4 Å². The zero-order chi connectivity index (χ0) is 19.6. The predicted molar refractivity (Wildman–Crippen MR) is 107 cm³/mol. The summed E-state index contributed by atoms with van der Waals surface area (Å²) in [6.07, 6.45) is 1.91. The van der Waals surface area contributed by atoms with Crippen LogP contribution in [0, 0.1) is 19.8 Å². The van der Waals surface area contributed by atoms with Crippen molar-refractivity contribution in [3.05, 3.63) is 59.2 Å². The largest absolute Gasteiger partial charge is 0.322 e. The third-order valence-corrected chi connectivity index (χ3v) is 6.84. The molecule has 1 aliphatic heterocycles. The SMILES string of the molecule is Cc1ccc(NC(=O)c2cccc(S(=O)(=O)N3CCCC(C)C3)c2)c(C)c1. The van der Waals surface area contributed by atoms with Crippen molar-refractivity contribution in [2.75, 3.05) is 18.4 Å². The number of hydrogen-bond acceptors (Lipinski definition) is 3. The van der Waals surface area contributed by atoms with E-state index in [0.29, 0.717) is 24.6 Å². The molecule has 144 valence electrons. The minimum absolute atomic E-state index is 0.171. The van der Waals surface area contributed by atoms with Crippen molar-refractivity contribution in [3.8, 4) is 0 Å². The summed E-state index contributed by atoms with van der Waals surface area (Å²) in [5, 5.41) is 2.87. The van der Waals surface area contributed by atoms with Crippen LogP contribution in [0.4, 0.5) is 5.69 Å². The minimum Gasteiger partial charge on any atom is -0.322 e. The van der Waals surface area contributed by atoms with Crippen molar-refractivity contribution in [2.45, 2.75) is 38.5 Å². The Labute approximate surface area is 161 Å². The van der Waals surface area contributed by atoms with Gasteiger partial charge in [0.2, 0.25) is 10.0 Å². The summed E-state index contributed by atoms with van der Waals surface area (Å²) in [6, 6.07) is 12.1. The lowest BCUT2D eigenvalue weighted by atomic mass is 10.0. The zero-order valence-electron chi connectivity index (χ0n) is 16.0. The van der Waals surface area contributed by atoms with Gasteiger partial charge in [-0.15, -0.1) is 0 Å². The van der Waals surface area contributed by atoms with E-state index in [1.807, 2.05) is 32.0 Å². The Balaban J connectivity index is 1.83. The average Bonchev–Trinajstić information content (AvgIpc) is 2.64. The first-order chi connectivity index (χ1) is 12.8. The van der Waals surface area contributed by atoms with Crippen molar-refractivity contribution >= 4 is 21.6 Å². The van der Waals surface area contributed by atoms with Crippen molar-refractivity contribution in [2.24, 2.45) is 5.92 Å². The number of carbonyl (C=O) groups excluding carboxylic acids is 1. The minimum atomic E-state index is -3.58. The van der Waals surface area contributed by atoms with Crippen LogP contribution in [0.15, 0.2) is 47.4 Å². The van der Waals surface area contributed by atoms with Crippen LogP contribution in [0.5, 0.6) is 0 Å². The number of benzene rings is 2. The van der Waals surface area contributed by atoms with Gasteiger partial charge in [-0.25, -0.2) is 8.42 Å². The highest BCUT2D eigenvalue weighted by atomic mass is 32.2. The molecule has 2 aromatic carbocycles. The molecule has 0 saturated carbocycles. The number of anilines is 1. The molecule has 0 radical (unpaired) electrons. The Morgan fingerprint density at radius 3 is 2.63 bits per heavy atom. The fourth-order valence-corrected chi connectivity index (χ4v) is 5.10. The van der Waals surface area contributed by atoms with E-state index in [4.69, 9.17) is 0 Å². The molecule has 1 saturated heterocycles. The second-order valence-electron chi connectivity index (χ2n) is 7.41. The number of nitrogens with one attached hydrogen (secondary N) is 1. The lowest BCUT2D eigenvalue weighted by Crippen LogP contribution is -2.39. The van der Waals surface area contributed by atoms with E-state index in [0.717, 1.165) is 29.7 Å². The number of sulfonamides is 1. The summed E-state index contributed by atoms with van der Waals surface area (Å²) in [5.41, 5.74) is 3.15. The average molecular weight is 387 g/mol. The van der Waals surface area contributed by atoms with Crippen LogP contribution in [-0.4, -0.2) is 31.7 Å². The Kier molecular flexibility index (Phi) is 5.67. The lowest BCUT2D eigenvalue weighted by Gasteiger charge is -2.30. The fraction of sp³-hybridized carbons (Fsp3) is 0.381. The first kappa shape index (κ1) is 19.6. The monoisotopic (exact) mass is 386 g/mol. The summed E-state index contributed by atoms with van der Waals surface area (Å²) in [5.74, 6) is 0.0375. The highest BCUT2D eigenvalue weighted by Crippen LogP contribution is 2.24. The molecule has 2 aromatic rings. The molecule has 0 aromatic heterocycles. The van der Waals surface area contributed by atoms with Gasteiger partial charge in [0.1, 0.15) is 0 Å². The van der Waals surface area contributed by atoms with Gasteiger partial charge in [-0.1, -0.05) is 30.7 Å². The van der Waals surface area contributed by atoms with Crippen LogP contribution in [0.2, 0.25) is 0 Å². The van der Waals surface area contributed by atoms with E-state index in [-0.39, 0.29) is 10.8 Å². The maximum Gasteiger partial charge on any atom is 0.255 e. The van der Waals surface area contributed by atoms with Crippen LogP contribution in [-0.2, 0) is 10.0 Å². The van der Waals surface area contributed by atoms with Crippen molar-refractivity contribution in [1.29, 1.82) is 0 Å². The number of nitrogens with zero attached hydrogens (tertiary/aromatic N) is 1. The van der Waals surface area contributed by atoms with Gasteiger partial charge in [0, 0.05) is 24.3 Å². The topological polar surface area (TPSA) is 66.5 Å². The normalized spacial score (nSPS) is 18.3. The molecule has 0 aliphatic carbocycles. The third kappa shape index (κ3) is 4.39. The van der Waals surface area contributed by atoms with Gasteiger partial charge in [0.15, 0.2) is 0 Å². The molecule has 1 heterocycles. The summed E-state index contributed by atoms with van der Waals surface area (Å²) < 4.78 is 27.4. The van der Waals surface area contributed by atoms with Crippen LogP contribution >= 0.6 is 0 Å². The smallest absolute Gasteiger partial charge is 0.255 e. The predicted octanol–water partition coefficient (Wildman–Crippen LogP) is 3.98. The Bertz CT molecular complexity index is 954. The number of carbonyl (C=O) groups is 1. The standard InChI is InChI=1S/C21H26N2O3S/c1-15-9-10-20(17(3)12-15)22-21(24)18-7-4-8-19(13-18)27(25,26)23-11-5-6-16(2)14-23/h4,7-10,12-13,16H,5-6,11,14H2,1-3H3,(H,22,24). The summed E-state index contributed by atoms with van der Waals surface area (Å²) >= 11 is 0. The van der Waals surface area contributed by atoms with Gasteiger partial charge in [-0.2, -0.15) is 4.31 Å².